The first-order valence-corrected chi connectivity index (χ1v) is 10.2. The predicted octanol–water partition coefficient (Wildman–Crippen LogP) is 3.92. The number of aromatic nitrogens is 3. The van der Waals surface area contributed by atoms with Crippen LogP contribution in [0.25, 0.3) is 11.3 Å². The molecule has 0 atom stereocenters. The van der Waals surface area contributed by atoms with Crippen molar-refractivity contribution in [3.63, 3.8) is 0 Å². The van der Waals surface area contributed by atoms with Gasteiger partial charge < -0.3 is 15.5 Å². The number of nitrogens with zero attached hydrogens (tertiary/aromatic N) is 4. The van der Waals surface area contributed by atoms with Crippen molar-refractivity contribution in [3.05, 3.63) is 29.6 Å². The average molecular weight is 409 g/mol. The molecule has 0 unspecified atom stereocenters. The van der Waals surface area contributed by atoms with E-state index in [4.69, 9.17) is 5.73 Å². The Balaban J connectivity index is 2.41. The van der Waals surface area contributed by atoms with Crippen molar-refractivity contribution in [1.82, 2.24) is 20.1 Å². The highest BCUT2D eigenvalue weighted by Crippen LogP contribution is 2.33. The van der Waals surface area contributed by atoms with E-state index in [9.17, 15) is 8.78 Å². The zero-order valence-corrected chi connectivity index (χ0v) is 18.1. The minimum absolute atomic E-state index is 0.0420. The van der Waals surface area contributed by atoms with E-state index >= 15 is 0 Å². The fourth-order valence-electron chi connectivity index (χ4n) is 3.44. The predicted molar refractivity (Wildman–Crippen MR) is 114 cm³/mol. The molecular formula is C21H34F2N6. The smallest absolute Gasteiger partial charge is 0.267 e. The topological polar surface area (TPSA) is 74.1 Å². The molecule has 0 aliphatic carbocycles. The number of halogens is 2. The molecule has 0 aliphatic rings. The summed E-state index contributed by atoms with van der Waals surface area (Å²) >= 11 is 0. The standard InChI is InChI=1S/C21H34F2N6/c1-14(2)11-29(12-15(3)4)21-18(20(22)23)8-16(9-25-21)19-17(10-26-27-19)13-28(5)7-6-24/h8-10,14-15,20H,6-7,11-13,24H2,1-5H3,(H,26,27). The van der Waals surface area contributed by atoms with Crippen molar-refractivity contribution in [2.45, 2.75) is 40.7 Å². The van der Waals surface area contributed by atoms with Gasteiger partial charge in [-0.3, -0.25) is 5.10 Å². The zero-order valence-electron chi connectivity index (χ0n) is 18.1. The van der Waals surface area contributed by atoms with Crippen molar-refractivity contribution < 1.29 is 8.78 Å². The maximum atomic E-state index is 14.0. The van der Waals surface area contributed by atoms with Gasteiger partial charge in [-0.25, -0.2) is 13.8 Å². The Labute approximate surface area is 172 Å². The number of aromatic amines is 1. The second kappa shape index (κ2) is 10.6. The third kappa shape index (κ3) is 6.47. The van der Waals surface area contributed by atoms with Gasteiger partial charge >= 0.3 is 0 Å². The van der Waals surface area contributed by atoms with Crippen LogP contribution >= 0.6 is 0 Å². The molecule has 0 fully saturated rings. The first kappa shape index (κ1) is 23.2. The molecule has 162 valence electrons. The maximum Gasteiger partial charge on any atom is 0.267 e. The third-order valence-corrected chi connectivity index (χ3v) is 4.56. The lowest BCUT2D eigenvalue weighted by Crippen LogP contribution is -2.33. The summed E-state index contributed by atoms with van der Waals surface area (Å²) < 4.78 is 28.0. The fraction of sp³-hybridized carbons (Fsp3) is 0.619. The van der Waals surface area contributed by atoms with E-state index in [-0.39, 0.29) is 5.56 Å². The lowest BCUT2D eigenvalue weighted by molar-refractivity contribution is 0.151. The number of likely N-dealkylation sites (N-methyl/N-ethyl adjacent to an activating group) is 1. The van der Waals surface area contributed by atoms with Gasteiger partial charge in [-0.15, -0.1) is 0 Å². The lowest BCUT2D eigenvalue weighted by atomic mass is 10.1. The van der Waals surface area contributed by atoms with E-state index in [0.29, 0.717) is 55.1 Å². The first-order valence-electron chi connectivity index (χ1n) is 10.2. The highest BCUT2D eigenvalue weighted by atomic mass is 19.3. The highest BCUT2D eigenvalue weighted by molar-refractivity contribution is 5.66. The number of hydrogen-bond donors (Lipinski definition) is 2. The summed E-state index contributed by atoms with van der Waals surface area (Å²) in [7, 11) is 1.96. The number of alkyl halides is 2. The van der Waals surface area contributed by atoms with Crippen LogP contribution in [0.1, 0.15) is 45.2 Å². The van der Waals surface area contributed by atoms with Gasteiger partial charge in [0.2, 0.25) is 0 Å². The molecule has 3 N–H and O–H groups in total. The van der Waals surface area contributed by atoms with Crippen molar-refractivity contribution in [2.24, 2.45) is 17.6 Å². The molecule has 0 spiro atoms. The van der Waals surface area contributed by atoms with Crippen molar-refractivity contribution >= 4 is 5.82 Å². The van der Waals surface area contributed by atoms with Crippen molar-refractivity contribution in [3.8, 4) is 11.3 Å². The molecule has 0 saturated heterocycles. The number of nitrogens with two attached hydrogens (primary N) is 1. The minimum atomic E-state index is -2.61. The number of hydrogen-bond acceptors (Lipinski definition) is 5. The molecule has 0 amide bonds. The first-order chi connectivity index (χ1) is 13.7. The van der Waals surface area contributed by atoms with Gasteiger partial charge in [0.25, 0.3) is 6.43 Å². The van der Waals surface area contributed by atoms with Gasteiger partial charge in [-0.05, 0) is 24.9 Å². The molecule has 0 saturated carbocycles. The van der Waals surface area contributed by atoms with E-state index in [0.717, 1.165) is 12.1 Å². The van der Waals surface area contributed by atoms with E-state index < -0.39 is 6.43 Å². The second-order valence-corrected chi connectivity index (χ2v) is 8.43. The molecule has 0 radical (unpaired) electrons. The van der Waals surface area contributed by atoms with E-state index in [1.54, 1.807) is 18.5 Å². The SMILES string of the molecule is CC(C)CN(CC(C)C)c1ncc(-c2[nH]ncc2CN(C)CCN)cc1C(F)F. The summed E-state index contributed by atoms with van der Waals surface area (Å²) in [6.07, 6.45) is 0.780. The highest BCUT2D eigenvalue weighted by Gasteiger charge is 2.23. The van der Waals surface area contributed by atoms with Gasteiger partial charge in [-0.2, -0.15) is 5.10 Å². The van der Waals surface area contributed by atoms with Gasteiger partial charge in [0, 0.05) is 50.0 Å². The van der Waals surface area contributed by atoms with Crippen LogP contribution in [0, 0.1) is 11.8 Å². The Bertz CT molecular complexity index is 749. The molecule has 0 aliphatic heterocycles. The molecule has 6 nitrogen and oxygen atoms in total. The number of H-pyrrole nitrogens is 1. The summed E-state index contributed by atoms with van der Waals surface area (Å²) in [5, 5.41) is 7.06. The summed E-state index contributed by atoms with van der Waals surface area (Å²) in [4.78, 5) is 8.53. The Morgan fingerprint density at radius 1 is 1.10 bits per heavy atom. The Hall–Kier alpha value is -2.06. The average Bonchev–Trinajstić information content (AvgIpc) is 3.08. The van der Waals surface area contributed by atoms with Crippen molar-refractivity contribution in [1.29, 1.82) is 0 Å². The molecule has 29 heavy (non-hydrogen) atoms. The van der Waals surface area contributed by atoms with Crippen LogP contribution in [0.4, 0.5) is 14.6 Å². The molecule has 2 rings (SSSR count). The largest absolute Gasteiger partial charge is 0.356 e. The van der Waals surface area contributed by atoms with Crippen LogP contribution in [0.15, 0.2) is 18.5 Å². The Morgan fingerprint density at radius 3 is 2.31 bits per heavy atom. The van der Waals surface area contributed by atoms with Crippen LogP contribution < -0.4 is 10.6 Å². The van der Waals surface area contributed by atoms with Crippen LogP contribution in [-0.4, -0.2) is 53.3 Å². The lowest BCUT2D eigenvalue weighted by Gasteiger charge is -2.29. The van der Waals surface area contributed by atoms with Gasteiger partial charge in [0.15, 0.2) is 0 Å². The van der Waals surface area contributed by atoms with Gasteiger partial charge in [0.05, 0.1) is 17.5 Å². The molecule has 2 heterocycles. The minimum Gasteiger partial charge on any atom is -0.356 e. The number of nitrogens with one attached hydrogen (secondary N) is 1. The van der Waals surface area contributed by atoms with Crippen LogP contribution in [0.5, 0.6) is 0 Å². The fourth-order valence-corrected chi connectivity index (χ4v) is 3.44. The molecule has 2 aromatic rings. The zero-order chi connectivity index (χ0) is 21.6. The number of rotatable bonds is 11. The Morgan fingerprint density at radius 2 is 1.76 bits per heavy atom. The van der Waals surface area contributed by atoms with Gasteiger partial charge in [0.1, 0.15) is 5.82 Å². The molecular weight excluding hydrogens is 374 g/mol. The number of pyridine rings is 1. The molecule has 0 aromatic carbocycles. The monoisotopic (exact) mass is 408 g/mol. The Kier molecular flexibility index (Phi) is 8.52. The molecule has 0 bridgehead atoms. The molecule has 8 heteroatoms. The number of anilines is 1. The summed E-state index contributed by atoms with van der Waals surface area (Å²) in [6.45, 7) is 11.6. The summed E-state index contributed by atoms with van der Waals surface area (Å²) in [5.74, 6) is 1.06. The van der Waals surface area contributed by atoms with Crippen molar-refractivity contribution in [2.75, 3.05) is 38.1 Å². The normalized spacial score (nSPS) is 12.0. The van der Waals surface area contributed by atoms with Gasteiger partial charge in [-0.1, -0.05) is 27.7 Å². The van der Waals surface area contributed by atoms with E-state index in [2.05, 4.69) is 47.8 Å². The quantitative estimate of drug-likeness (QED) is 0.590. The third-order valence-electron chi connectivity index (χ3n) is 4.56. The molecule has 2 aromatic heterocycles. The van der Waals surface area contributed by atoms with Crippen LogP contribution in [0.2, 0.25) is 0 Å². The summed E-state index contributed by atoms with van der Waals surface area (Å²) in [6, 6.07) is 1.54. The van der Waals surface area contributed by atoms with E-state index in [1.165, 1.54) is 0 Å². The van der Waals surface area contributed by atoms with E-state index in [1.807, 2.05) is 11.9 Å². The maximum absolute atomic E-state index is 14.0. The van der Waals surface area contributed by atoms with Crippen LogP contribution in [0.3, 0.4) is 0 Å². The van der Waals surface area contributed by atoms with Crippen LogP contribution in [-0.2, 0) is 6.54 Å². The summed E-state index contributed by atoms with van der Waals surface area (Å²) in [5.41, 5.74) is 7.83. The second-order valence-electron chi connectivity index (χ2n) is 8.43.